The van der Waals surface area contributed by atoms with Crippen LogP contribution in [0.5, 0.6) is 0 Å². The summed E-state index contributed by atoms with van der Waals surface area (Å²) in [5, 5.41) is 9.52. The number of hydrogen-bond acceptors (Lipinski definition) is 4. The Bertz CT molecular complexity index is 790. The number of nitrogens with zero attached hydrogens (tertiary/aromatic N) is 3. The predicted molar refractivity (Wildman–Crippen MR) is 98.1 cm³/mol. The largest absolute Gasteiger partial charge is 0.306 e. The molecule has 0 amide bonds. The molecule has 1 aliphatic rings. The van der Waals surface area contributed by atoms with E-state index >= 15 is 0 Å². The molecular weight excluding hydrogens is 318 g/mol. The summed E-state index contributed by atoms with van der Waals surface area (Å²) in [5.41, 5.74) is 5.50. The average molecular weight is 343 g/mol. The Morgan fingerprint density at radius 1 is 1.17 bits per heavy atom. The lowest BCUT2D eigenvalue weighted by molar-refractivity contribution is 0.102. The zero-order valence-corrected chi connectivity index (χ0v) is 16.0. The van der Waals surface area contributed by atoms with Crippen molar-refractivity contribution in [1.82, 2.24) is 14.8 Å². The van der Waals surface area contributed by atoms with Gasteiger partial charge in [-0.2, -0.15) is 0 Å². The molecule has 128 valence electrons. The summed E-state index contributed by atoms with van der Waals surface area (Å²) in [4.78, 5) is 12.8. The second-order valence-corrected chi connectivity index (χ2v) is 7.65. The maximum Gasteiger partial charge on any atom is 0.191 e. The van der Waals surface area contributed by atoms with Crippen LogP contribution >= 0.6 is 11.8 Å². The molecule has 1 aliphatic carbocycles. The van der Waals surface area contributed by atoms with Crippen LogP contribution < -0.4 is 0 Å². The van der Waals surface area contributed by atoms with Gasteiger partial charge in [0.2, 0.25) is 0 Å². The Morgan fingerprint density at radius 2 is 1.88 bits per heavy atom. The maximum absolute atomic E-state index is 12.8. The van der Waals surface area contributed by atoms with E-state index in [2.05, 4.69) is 41.6 Å². The van der Waals surface area contributed by atoms with Crippen LogP contribution in [-0.2, 0) is 6.54 Å². The molecule has 0 spiro atoms. The molecule has 1 saturated carbocycles. The van der Waals surface area contributed by atoms with E-state index in [9.17, 15) is 4.79 Å². The Labute approximate surface area is 148 Å². The van der Waals surface area contributed by atoms with Crippen LogP contribution in [0.3, 0.4) is 0 Å². The number of thioether (sulfide) groups is 1. The van der Waals surface area contributed by atoms with E-state index < -0.39 is 0 Å². The summed E-state index contributed by atoms with van der Waals surface area (Å²) < 4.78 is 2.16. The molecule has 0 radical (unpaired) electrons. The highest BCUT2D eigenvalue weighted by molar-refractivity contribution is 7.99. The molecule has 0 aliphatic heterocycles. The zero-order chi connectivity index (χ0) is 17.4. The van der Waals surface area contributed by atoms with Crippen LogP contribution in [-0.4, -0.2) is 26.3 Å². The van der Waals surface area contributed by atoms with Crippen LogP contribution in [0.15, 0.2) is 11.2 Å². The quantitative estimate of drug-likeness (QED) is 0.577. The molecule has 0 unspecified atom stereocenters. The molecule has 5 heteroatoms. The highest BCUT2D eigenvalue weighted by Gasteiger charge is 2.30. The Hall–Kier alpha value is -1.62. The van der Waals surface area contributed by atoms with Crippen molar-refractivity contribution in [2.45, 2.75) is 65.1 Å². The lowest BCUT2D eigenvalue weighted by Crippen LogP contribution is -2.10. The van der Waals surface area contributed by atoms with Gasteiger partial charge in [0.05, 0.1) is 5.75 Å². The number of rotatable bonds is 6. The second-order valence-electron chi connectivity index (χ2n) is 6.71. The molecule has 1 aromatic carbocycles. The minimum absolute atomic E-state index is 0.178. The highest BCUT2D eigenvalue weighted by atomic mass is 32.2. The monoisotopic (exact) mass is 343 g/mol. The maximum atomic E-state index is 12.8. The third-order valence-corrected chi connectivity index (χ3v) is 5.94. The average Bonchev–Trinajstić information content (AvgIpc) is 3.30. The third-order valence-electron chi connectivity index (χ3n) is 4.97. The first-order chi connectivity index (χ1) is 11.4. The van der Waals surface area contributed by atoms with Crippen LogP contribution in [0.4, 0.5) is 0 Å². The molecule has 1 fully saturated rings. The van der Waals surface area contributed by atoms with Crippen molar-refractivity contribution in [2.24, 2.45) is 0 Å². The first-order valence-electron chi connectivity index (χ1n) is 8.60. The molecule has 1 aromatic heterocycles. The molecule has 0 bridgehead atoms. The first kappa shape index (κ1) is 17.2. The number of carbonyl (C=O) groups excluding carboxylic acids is 1. The summed E-state index contributed by atoms with van der Waals surface area (Å²) in [5.74, 6) is 2.25. The SMILES string of the molecule is CCn1c(SCC(=O)c2c(C)cc(C)c(C)c2C)nnc1C1CC1. The summed E-state index contributed by atoms with van der Waals surface area (Å²) in [6.45, 7) is 11.2. The zero-order valence-electron chi connectivity index (χ0n) is 15.1. The molecule has 0 atom stereocenters. The molecule has 0 N–H and O–H groups in total. The van der Waals surface area contributed by atoms with Crippen LogP contribution in [0.1, 0.15) is 64.1 Å². The van der Waals surface area contributed by atoms with Gasteiger partial charge >= 0.3 is 0 Å². The Kier molecular flexibility index (Phi) is 4.81. The van der Waals surface area contributed by atoms with Crippen molar-refractivity contribution in [3.63, 3.8) is 0 Å². The van der Waals surface area contributed by atoms with E-state index in [0.717, 1.165) is 34.2 Å². The van der Waals surface area contributed by atoms with Gasteiger partial charge in [-0.1, -0.05) is 17.8 Å². The predicted octanol–water partition coefficient (Wildman–Crippen LogP) is 4.38. The fraction of sp³-hybridized carbons (Fsp3) is 0.526. The normalized spacial score (nSPS) is 14.2. The van der Waals surface area contributed by atoms with Crippen molar-refractivity contribution in [2.75, 3.05) is 5.75 Å². The number of Topliss-reactive ketones (excluding diaryl/α,β-unsaturated/α-hetero) is 1. The third kappa shape index (κ3) is 3.14. The smallest absolute Gasteiger partial charge is 0.191 e. The lowest BCUT2D eigenvalue weighted by Gasteiger charge is -2.14. The van der Waals surface area contributed by atoms with E-state index in [-0.39, 0.29) is 5.78 Å². The second kappa shape index (κ2) is 6.71. The standard InChI is InChI=1S/C19H25N3OS/c1-6-22-18(15-7-8-15)20-21-19(22)24-10-16(23)17-12(3)9-11(2)13(4)14(17)5/h9,15H,6-8,10H2,1-5H3. The van der Waals surface area contributed by atoms with Gasteiger partial charge in [0.1, 0.15) is 5.82 Å². The van der Waals surface area contributed by atoms with E-state index in [1.165, 1.54) is 35.7 Å². The van der Waals surface area contributed by atoms with Crippen molar-refractivity contribution in [3.05, 3.63) is 39.7 Å². The number of aryl methyl sites for hydroxylation is 2. The number of aromatic nitrogens is 3. The molecule has 2 aromatic rings. The van der Waals surface area contributed by atoms with Gasteiger partial charge in [-0.15, -0.1) is 10.2 Å². The topological polar surface area (TPSA) is 47.8 Å². The van der Waals surface area contributed by atoms with E-state index in [4.69, 9.17) is 0 Å². The first-order valence-corrected chi connectivity index (χ1v) is 9.59. The Morgan fingerprint density at radius 3 is 2.50 bits per heavy atom. The van der Waals surface area contributed by atoms with E-state index in [1.54, 1.807) is 0 Å². The van der Waals surface area contributed by atoms with Gasteiger partial charge in [-0.25, -0.2) is 0 Å². The summed E-state index contributed by atoms with van der Waals surface area (Å²) in [6, 6.07) is 2.11. The summed E-state index contributed by atoms with van der Waals surface area (Å²) in [6.07, 6.45) is 2.42. The van der Waals surface area contributed by atoms with Crippen molar-refractivity contribution in [1.29, 1.82) is 0 Å². The fourth-order valence-corrected chi connectivity index (χ4v) is 4.14. The van der Waals surface area contributed by atoms with Gasteiger partial charge in [-0.3, -0.25) is 4.79 Å². The Balaban J connectivity index is 1.78. The summed E-state index contributed by atoms with van der Waals surface area (Å²) in [7, 11) is 0. The number of carbonyl (C=O) groups is 1. The molecule has 24 heavy (non-hydrogen) atoms. The van der Waals surface area contributed by atoms with Crippen molar-refractivity contribution >= 4 is 17.5 Å². The molecule has 0 saturated heterocycles. The van der Waals surface area contributed by atoms with E-state index in [1.807, 2.05) is 13.8 Å². The van der Waals surface area contributed by atoms with Gasteiger partial charge in [0, 0.05) is 18.0 Å². The number of hydrogen-bond donors (Lipinski definition) is 0. The number of benzene rings is 1. The van der Waals surface area contributed by atoms with Crippen LogP contribution in [0, 0.1) is 27.7 Å². The van der Waals surface area contributed by atoms with Gasteiger partial charge in [0.15, 0.2) is 10.9 Å². The fourth-order valence-electron chi connectivity index (χ4n) is 3.26. The number of ketones is 1. The van der Waals surface area contributed by atoms with Crippen molar-refractivity contribution in [3.8, 4) is 0 Å². The van der Waals surface area contributed by atoms with Crippen molar-refractivity contribution < 1.29 is 4.79 Å². The summed E-state index contributed by atoms with van der Waals surface area (Å²) >= 11 is 1.51. The highest BCUT2D eigenvalue weighted by Crippen LogP contribution is 2.40. The molecule has 4 nitrogen and oxygen atoms in total. The van der Waals surface area contributed by atoms with Crippen LogP contribution in [0.25, 0.3) is 0 Å². The lowest BCUT2D eigenvalue weighted by atomic mass is 9.92. The minimum Gasteiger partial charge on any atom is -0.306 e. The molecule has 3 rings (SSSR count). The van der Waals surface area contributed by atoms with Gasteiger partial charge in [0.25, 0.3) is 0 Å². The van der Waals surface area contributed by atoms with Gasteiger partial charge in [-0.05, 0) is 69.7 Å². The van der Waals surface area contributed by atoms with Gasteiger partial charge < -0.3 is 4.57 Å². The van der Waals surface area contributed by atoms with E-state index in [0.29, 0.717) is 11.7 Å². The molecular formula is C19H25N3OS. The van der Waals surface area contributed by atoms with Crippen LogP contribution in [0.2, 0.25) is 0 Å². The minimum atomic E-state index is 0.178. The molecule has 1 heterocycles.